The van der Waals surface area contributed by atoms with Gasteiger partial charge in [0.15, 0.2) is 5.78 Å². The van der Waals surface area contributed by atoms with Crippen LogP contribution in [0.3, 0.4) is 0 Å². The Morgan fingerprint density at radius 1 is 1.12 bits per heavy atom. The SMILES string of the molecule is NC1CCCN(c2ncnc3[nH]cc(C(=O)c4ccc(Oc5ccccc5)cc4Cl)c23)C1. The summed E-state index contributed by atoms with van der Waals surface area (Å²) in [6.45, 7) is 1.53. The minimum atomic E-state index is -0.204. The van der Waals surface area contributed by atoms with Crippen LogP contribution in [0.15, 0.2) is 61.1 Å². The van der Waals surface area contributed by atoms with Gasteiger partial charge in [-0.05, 0) is 37.1 Å². The van der Waals surface area contributed by atoms with Gasteiger partial charge in [0.05, 0.1) is 16.0 Å². The molecule has 1 aliphatic rings. The number of halogens is 1. The molecule has 162 valence electrons. The third-order valence-corrected chi connectivity index (χ3v) is 5.93. The maximum Gasteiger partial charge on any atom is 0.196 e. The van der Waals surface area contributed by atoms with E-state index in [-0.39, 0.29) is 11.8 Å². The molecule has 8 heteroatoms. The number of ketones is 1. The Kier molecular flexibility index (Phi) is 5.51. The molecule has 2 aromatic carbocycles. The molecule has 1 saturated heterocycles. The van der Waals surface area contributed by atoms with Gasteiger partial charge in [0.25, 0.3) is 0 Å². The molecule has 0 spiro atoms. The molecule has 1 unspecified atom stereocenters. The van der Waals surface area contributed by atoms with E-state index in [4.69, 9.17) is 22.1 Å². The maximum absolute atomic E-state index is 13.5. The zero-order chi connectivity index (χ0) is 22.1. The lowest BCUT2D eigenvalue weighted by molar-refractivity contribution is 0.104. The molecule has 0 aliphatic carbocycles. The zero-order valence-electron chi connectivity index (χ0n) is 17.3. The average Bonchev–Trinajstić information content (AvgIpc) is 3.24. The average molecular weight is 448 g/mol. The number of piperidine rings is 1. The number of carbonyl (C=O) groups is 1. The van der Waals surface area contributed by atoms with Crippen molar-refractivity contribution in [2.75, 3.05) is 18.0 Å². The van der Waals surface area contributed by atoms with Crippen LogP contribution >= 0.6 is 11.6 Å². The van der Waals surface area contributed by atoms with Crippen molar-refractivity contribution in [3.8, 4) is 11.5 Å². The van der Waals surface area contributed by atoms with Crippen LogP contribution in [0, 0.1) is 0 Å². The van der Waals surface area contributed by atoms with Gasteiger partial charge in [-0.3, -0.25) is 4.79 Å². The number of aromatic amines is 1. The number of rotatable bonds is 5. The van der Waals surface area contributed by atoms with Crippen molar-refractivity contribution in [3.63, 3.8) is 0 Å². The Morgan fingerprint density at radius 3 is 2.75 bits per heavy atom. The largest absolute Gasteiger partial charge is 0.457 e. The van der Waals surface area contributed by atoms with Crippen LogP contribution in [0.25, 0.3) is 11.0 Å². The first kappa shape index (κ1) is 20.5. The fraction of sp³-hybridized carbons (Fsp3) is 0.208. The molecule has 5 rings (SSSR count). The number of hydrogen-bond acceptors (Lipinski definition) is 6. The smallest absolute Gasteiger partial charge is 0.196 e. The fourth-order valence-electron chi connectivity index (χ4n) is 4.08. The van der Waals surface area contributed by atoms with E-state index in [0.717, 1.165) is 25.2 Å². The van der Waals surface area contributed by atoms with Crippen LogP contribution in [0.4, 0.5) is 5.82 Å². The summed E-state index contributed by atoms with van der Waals surface area (Å²) in [5, 5.41) is 1.00. The second-order valence-electron chi connectivity index (χ2n) is 7.86. The predicted molar refractivity (Wildman–Crippen MR) is 125 cm³/mol. The van der Waals surface area contributed by atoms with Gasteiger partial charge < -0.3 is 20.4 Å². The van der Waals surface area contributed by atoms with Gasteiger partial charge in [0.2, 0.25) is 0 Å². The molecule has 0 saturated carbocycles. The van der Waals surface area contributed by atoms with E-state index < -0.39 is 0 Å². The van der Waals surface area contributed by atoms with Crippen molar-refractivity contribution in [2.24, 2.45) is 5.73 Å². The van der Waals surface area contributed by atoms with Gasteiger partial charge >= 0.3 is 0 Å². The standard InChI is InChI=1S/C24H22ClN5O2/c25-20-11-17(32-16-6-2-1-3-7-16)8-9-18(20)22(31)19-12-27-23-21(19)24(29-14-28-23)30-10-4-5-15(26)13-30/h1-3,6-9,11-12,14-15H,4-5,10,13,26H2,(H,27,28,29). The molecule has 1 atom stereocenters. The molecule has 3 N–H and O–H groups in total. The van der Waals surface area contributed by atoms with Crippen LogP contribution in [-0.2, 0) is 0 Å². The number of fused-ring (bicyclic) bond motifs is 1. The molecule has 1 aliphatic heterocycles. The fourth-order valence-corrected chi connectivity index (χ4v) is 4.34. The van der Waals surface area contributed by atoms with Gasteiger partial charge in [-0.25, -0.2) is 9.97 Å². The Labute approximate surface area is 190 Å². The van der Waals surface area contributed by atoms with E-state index in [1.54, 1.807) is 24.4 Å². The third kappa shape index (κ3) is 3.92. The number of para-hydroxylation sites is 1. The van der Waals surface area contributed by atoms with Crippen LogP contribution in [0.5, 0.6) is 11.5 Å². The van der Waals surface area contributed by atoms with E-state index in [0.29, 0.717) is 45.2 Å². The molecule has 2 aromatic heterocycles. The van der Waals surface area contributed by atoms with Crippen molar-refractivity contribution in [1.82, 2.24) is 15.0 Å². The van der Waals surface area contributed by atoms with E-state index in [9.17, 15) is 4.79 Å². The van der Waals surface area contributed by atoms with Crippen molar-refractivity contribution < 1.29 is 9.53 Å². The van der Waals surface area contributed by atoms with Crippen molar-refractivity contribution >= 4 is 34.2 Å². The Balaban J connectivity index is 1.48. The second kappa shape index (κ2) is 8.61. The van der Waals surface area contributed by atoms with Gasteiger partial charge in [-0.15, -0.1) is 0 Å². The Hall–Kier alpha value is -3.42. The van der Waals surface area contributed by atoms with Crippen molar-refractivity contribution in [3.05, 3.63) is 77.2 Å². The molecule has 32 heavy (non-hydrogen) atoms. The summed E-state index contributed by atoms with van der Waals surface area (Å²) in [6, 6.07) is 14.6. The number of nitrogens with two attached hydrogens (primary N) is 1. The van der Waals surface area contributed by atoms with Gasteiger partial charge in [-0.1, -0.05) is 29.8 Å². The normalized spacial score (nSPS) is 16.3. The molecule has 0 radical (unpaired) electrons. The lowest BCUT2D eigenvalue weighted by atomic mass is 10.0. The highest BCUT2D eigenvalue weighted by Gasteiger charge is 2.25. The minimum absolute atomic E-state index is 0.0819. The first-order chi connectivity index (χ1) is 15.6. The van der Waals surface area contributed by atoms with E-state index in [1.165, 1.54) is 6.33 Å². The maximum atomic E-state index is 13.5. The molecule has 0 amide bonds. The molecule has 7 nitrogen and oxygen atoms in total. The number of nitrogens with one attached hydrogen (secondary N) is 1. The lowest BCUT2D eigenvalue weighted by Gasteiger charge is -2.32. The summed E-state index contributed by atoms with van der Waals surface area (Å²) in [6.07, 6.45) is 5.14. The highest BCUT2D eigenvalue weighted by Crippen LogP contribution is 2.33. The quantitative estimate of drug-likeness (QED) is 0.435. The van der Waals surface area contributed by atoms with E-state index in [1.807, 2.05) is 30.3 Å². The molecule has 4 aromatic rings. The van der Waals surface area contributed by atoms with Crippen molar-refractivity contribution in [2.45, 2.75) is 18.9 Å². The molecule has 3 heterocycles. The molecule has 0 bridgehead atoms. The number of carbonyl (C=O) groups excluding carboxylic acids is 1. The van der Waals surface area contributed by atoms with E-state index >= 15 is 0 Å². The monoisotopic (exact) mass is 447 g/mol. The topological polar surface area (TPSA) is 97.1 Å². The van der Waals surface area contributed by atoms with E-state index in [2.05, 4.69) is 19.9 Å². The number of anilines is 1. The summed E-state index contributed by atoms with van der Waals surface area (Å²) in [4.78, 5) is 27.5. The summed E-state index contributed by atoms with van der Waals surface area (Å²) in [5.74, 6) is 1.77. The number of ether oxygens (including phenoxy) is 1. The number of benzene rings is 2. The highest BCUT2D eigenvalue weighted by molar-refractivity contribution is 6.35. The molecular weight excluding hydrogens is 426 g/mol. The summed E-state index contributed by atoms with van der Waals surface area (Å²) >= 11 is 6.50. The van der Waals surface area contributed by atoms with Crippen LogP contribution in [-0.4, -0.2) is 39.9 Å². The third-order valence-electron chi connectivity index (χ3n) is 5.62. The van der Waals surface area contributed by atoms with Gasteiger partial charge in [0, 0.05) is 37.0 Å². The van der Waals surface area contributed by atoms with Crippen LogP contribution in [0.1, 0.15) is 28.8 Å². The lowest BCUT2D eigenvalue weighted by Crippen LogP contribution is -2.43. The number of aromatic nitrogens is 3. The Morgan fingerprint density at radius 2 is 1.97 bits per heavy atom. The van der Waals surface area contributed by atoms with Crippen LogP contribution in [0.2, 0.25) is 5.02 Å². The summed E-state index contributed by atoms with van der Waals surface area (Å²) < 4.78 is 5.82. The first-order valence-electron chi connectivity index (χ1n) is 10.5. The van der Waals surface area contributed by atoms with Gasteiger partial charge in [-0.2, -0.15) is 0 Å². The van der Waals surface area contributed by atoms with Gasteiger partial charge in [0.1, 0.15) is 29.3 Å². The Bertz CT molecular complexity index is 1270. The minimum Gasteiger partial charge on any atom is -0.457 e. The van der Waals surface area contributed by atoms with Crippen molar-refractivity contribution in [1.29, 1.82) is 0 Å². The summed E-state index contributed by atoms with van der Waals surface area (Å²) in [5.41, 5.74) is 7.65. The molecule has 1 fully saturated rings. The highest BCUT2D eigenvalue weighted by atomic mass is 35.5. The molecular formula is C24H22ClN5O2. The summed E-state index contributed by atoms with van der Waals surface area (Å²) in [7, 11) is 0. The van der Waals surface area contributed by atoms with Crippen LogP contribution < -0.4 is 15.4 Å². The number of hydrogen-bond donors (Lipinski definition) is 2. The first-order valence-corrected chi connectivity index (χ1v) is 10.9. The zero-order valence-corrected chi connectivity index (χ0v) is 18.0. The predicted octanol–water partition coefficient (Wildman–Crippen LogP) is 4.56. The number of H-pyrrole nitrogens is 1. The second-order valence-corrected chi connectivity index (χ2v) is 8.26. The number of nitrogens with zero attached hydrogens (tertiary/aromatic N) is 3.